The first-order chi connectivity index (χ1) is 10.2. The molecule has 1 fully saturated rings. The Morgan fingerprint density at radius 3 is 2.27 bits per heavy atom. The second-order valence-electron chi connectivity index (χ2n) is 6.46. The number of ether oxygens (including phenoxy) is 2. The third-order valence-electron chi connectivity index (χ3n) is 3.54. The highest BCUT2D eigenvalue weighted by Gasteiger charge is 2.35. The molecule has 124 valence electrons. The van der Waals surface area contributed by atoms with E-state index in [9.17, 15) is 8.42 Å². The van der Waals surface area contributed by atoms with Gasteiger partial charge in [0.1, 0.15) is 6.10 Å². The molecule has 1 aliphatic rings. The van der Waals surface area contributed by atoms with E-state index in [-0.39, 0.29) is 10.3 Å². The van der Waals surface area contributed by atoms with Crippen molar-refractivity contribution in [2.75, 3.05) is 13.2 Å². The van der Waals surface area contributed by atoms with Crippen LogP contribution in [-0.2, 0) is 23.8 Å². The monoisotopic (exact) mass is 328 g/mol. The molecule has 1 heterocycles. The number of rotatable bonds is 5. The molecule has 22 heavy (non-hydrogen) atoms. The van der Waals surface area contributed by atoms with E-state index in [0.717, 1.165) is 5.56 Å². The Labute approximate surface area is 132 Å². The molecule has 0 aromatic heterocycles. The molecule has 1 aromatic rings. The summed E-state index contributed by atoms with van der Waals surface area (Å²) >= 11 is 0. The molecule has 5 nitrogen and oxygen atoms in total. The van der Waals surface area contributed by atoms with Crippen LogP contribution in [0.4, 0.5) is 0 Å². The maximum Gasteiger partial charge on any atom is 0.297 e. The Morgan fingerprint density at radius 1 is 1.23 bits per heavy atom. The van der Waals surface area contributed by atoms with E-state index < -0.39 is 22.5 Å². The summed E-state index contributed by atoms with van der Waals surface area (Å²) in [6.45, 7) is 8.85. The topological polar surface area (TPSA) is 61.8 Å². The first-order valence-corrected chi connectivity index (χ1v) is 8.87. The van der Waals surface area contributed by atoms with Crippen molar-refractivity contribution in [2.24, 2.45) is 5.41 Å². The molecule has 6 heteroatoms. The van der Waals surface area contributed by atoms with Gasteiger partial charge in [-0.2, -0.15) is 8.42 Å². The molecule has 1 aliphatic heterocycles. The Bertz CT molecular complexity index is 581. The summed E-state index contributed by atoms with van der Waals surface area (Å²) in [5, 5.41) is 0. The molecule has 0 bridgehead atoms. The van der Waals surface area contributed by atoms with E-state index in [0.29, 0.717) is 19.6 Å². The van der Waals surface area contributed by atoms with Crippen LogP contribution < -0.4 is 0 Å². The van der Waals surface area contributed by atoms with Crippen LogP contribution in [0, 0.1) is 12.3 Å². The van der Waals surface area contributed by atoms with Gasteiger partial charge >= 0.3 is 0 Å². The van der Waals surface area contributed by atoms with Crippen LogP contribution in [0.25, 0.3) is 0 Å². The Balaban J connectivity index is 2.08. The minimum absolute atomic E-state index is 0.0649. The minimum Gasteiger partial charge on any atom is -0.349 e. The van der Waals surface area contributed by atoms with Gasteiger partial charge < -0.3 is 9.47 Å². The second kappa shape index (κ2) is 6.66. The van der Waals surface area contributed by atoms with Crippen molar-refractivity contribution in [3.63, 3.8) is 0 Å². The van der Waals surface area contributed by atoms with Gasteiger partial charge in [0, 0.05) is 5.41 Å². The minimum atomic E-state index is -3.83. The molecule has 0 amide bonds. The van der Waals surface area contributed by atoms with Crippen molar-refractivity contribution >= 4 is 10.1 Å². The quantitative estimate of drug-likeness (QED) is 0.778. The number of aryl methyl sites for hydroxylation is 1. The lowest BCUT2D eigenvalue weighted by atomic mass is 9.95. The molecule has 1 saturated heterocycles. The SMILES string of the molecule is CCC(OS(=O)(=O)c1ccc(C)cc1)C1OCC(C)(C)CO1. The van der Waals surface area contributed by atoms with Gasteiger partial charge in [-0.25, -0.2) is 0 Å². The lowest BCUT2D eigenvalue weighted by molar-refractivity contribution is -0.251. The van der Waals surface area contributed by atoms with E-state index in [1.807, 2.05) is 27.7 Å². The van der Waals surface area contributed by atoms with Gasteiger partial charge in [-0.05, 0) is 25.5 Å². The summed E-state index contributed by atoms with van der Waals surface area (Å²) in [6, 6.07) is 6.58. The molecule has 1 aromatic carbocycles. The first kappa shape index (κ1) is 17.4. The van der Waals surface area contributed by atoms with Crippen LogP contribution in [-0.4, -0.2) is 34.0 Å². The summed E-state index contributed by atoms with van der Waals surface area (Å²) in [5.41, 5.74) is 0.928. The zero-order chi connectivity index (χ0) is 16.4. The smallest absolute Gasteiger partial charge is 0.297 e. The molecule has 0 N–H and O–H groups in total. The van der Waals surface area contributed by atoms with Crippen molar-refractivity contribution in [3.05, 3.63) is 29.8 Å². The van der Waals surface area contributed by atoms with Crippen LogP contribution in [0.15, 0.2) is 29.2 Å². The van der Waals surface area contributed by atoms with Crippen molar-refractivity contribution < 1.29 is 22.1 Å². The van der Waals surface area contributed by atoms with Gasteiger partial charge in [-0.15, -0.1) is 0 Å². The highest BCUT2D eigenvalue weighted by Crippen LogP contribution is 2.27. The van der Waals surface area contributed by atoms with Crippen molar-refractivity contribution in [2.45, 2.75) is 51.4 Å². The van der Waals surface area contributed by atoms with Gasteiger partial charge in [-0.3, -0.25) is 4.18 Å². The Hall–Kier alpha value is -0.950. The van der Waals surface area contributed by atoms with Gasteiger partial charge in [0.05, 0.1) is 18.1 Å². The number of hydrogen-bond acceptors (Lipinski definition) is 5. The predicted molar refractivity (Wildman–Crippen MR) is 83.0 cm³/mol. The van der Waals surface area contributed by atoms with Crippen LogP contribution in [0.1, 0.15) is 32.8 Å². The van der Waals surface area contributed by atoms with Crippen molar-refractivity contribution in [1.82, 2.24) is 0 Å². The summed E-state index contributed by atoms with van der Waals surface area (Å²) in [4.78, 5) is 0.146. The molecule has 1 atom stereocenters. The second-order valence-corrected chi connectivity index (χ2v) is 8.04. The average Bonchev–Trinajstić information content (AvgIpc) is 2.45. The van der Waals surface area contributed by atoms with Gasteiger partial charge in [0.2, 0.25) is 0 Å². The molecule has 0 aliphatic carbocycles. The highest BCUT2D eigenvalue weighted by atomic mass is 32.2. The van der Waals surface area contributed by atoms with Crippen LogP contribution in [0.2, 0.25) is 0 Å². The molecule has 1 unspecified atom stereocenters. The maximum atomic E-state index is 12.3. The summed E-state index contributed by atoms with van der Waals surface area (Å²) in [5.74, 6) is 0. The number of benzene rings is 1. The van der Waals surface area contributed by atoms with Gasteiger partial charge in [-0.1, -0.05) is 38.5 Å². The molecule has 0 radical (unpaired) electrons. The van der Waals surface area contributed by atoms with Gasteiger partial charge in [0.25, 0.3) is 10.1 Å². The van der Waals surface area contributed by atoms with Crippen LogP contribution in [0.5, 0.6) is 0 Å². The zero-order valence-electron chi connectivity index (χ0n) is 13.5. The standard InChI is InChI=1S/C16H24O5S/c1-5-14(15-19-10-16(3,4)11-20-15)21-22(17,18)13-8-6-12(2)7-9-13/h6-9,14-15H,5,10-11H2,1-4H3. The number of hydrogen-bond donors (Lipinski definition) is 0. The largest absolute Gasteiger partial charge is 0.349 e. The summed E-state index contributed by atoms with van der Waals surface area (Å²) in [7, 11) is -3.83. The normalized spacial score (nSPS) is 20.7. The first-order valence-electron chi connectivity index (χ1n) is 7.47. The van der Waals surface area contributed by atoms with E-state index in [1.54, 1.807) is 24.3 Å². The average molecular weight is 328 g/mol. The molecular formula is C16H24O5S. The fourth-order valence-electron chi connectivity index (χ4n) is 2.15. The Morgan fingerprint density at radius 2 is 1.77 bits per heavy atom. The lowest BCUT2D eigenvalue weighted by Crippen LogP contribution is -2.44. The summed E-state index contributed by atoms with van der Waals surface area (Å²) < 4.78 is 41.3. The molecule has 0 saturated carbocycles. The molecule has 2 rings (SSSR count). The van der Waals surface area contributed by atoms with Crippen LogP contribution >= 0.6 is 0 Å². The maximum absolute atomic E-state index is 12.3. The van der Waals surface area contributed by atoms with Crippen molar-refractivity contribution in [1.29, 1.82) is 0 Å². The lowest BCUT2D eigenvalue weighted by Gasteiger charge is -2.37. The van der Waals surface area contributed by atoms with E-state index in [2.05, 4.69) is 0 Å². The summed E-state index contributed by atoms with van der Waals surface area (Å²) in [6.07, 6.45) is -0.823. The zero-order valence-corrected chi connectivity index (χ0v) is 14.4. The fourth-order valence-corrected chi connectivity index (χ4v) is 3.28. The Kier molecular flexibility index (Phi) is 5.27. The third kappa shape index (κ3) is 4.29. The van der Waals surface area contributed by atoms with Gasteiger partial charge in [0.15, 0.2) is 6.29 Å². The molecule has 0 spiro atoms. The van der Waals surface area contributed by atoms with Crippen molar-refractivity contribution in [3.8, 4) is 0 Å². The van der Waals surface area contributed by atoms with E-state index >= 15 is 0 Å². The fraction of sp³-hybridized carbons (Fsp3) is 0.625. The highest BCUT2D eigenvalue weighted by molar-refractivity contribution is 7.86. The van der Waals surface area contributed by atoms with Crippen LogP contribution in [0.3, 0.4) is 0 Å². The van der Waals surface area contributed by atoms with E-state index in [1.165, 1.54) is 0 Å². The predicted octanol–water partition coefficient (Wildman–Crippen LogP) is 2.88. The molecular weight excluding hydrogens is 304 g/mol. The van der Waals surface area contributed by atoms with E-state index in [4.69, 9.17) is 13.7 Å². The third-order valence-corrected chi connectivity index (χ3v) is 4.89.